The summed E-state index contributed by atoms with van der Waals surface area (Å²) in [7, 11) is -2.06. The topological polar surface area (TPSA) is 67.4 Å². The van der Waals surface area contributed by atoms with Crippen LogP contribution in [0.25, 0.3) is 0 Å². The van der Waals surface area contributed by atoms with Crippen molar-refractivity contribution in [1.82, 2.24) is 10.0 Å². The van der Waals surface area contributed by atoms with Gasteiger partial charge in [0.25, 0.3) is 0 Å². The number of rotatable bonds is 6. The lowest BCUT2D eigenvalue weighted by Gasteiger charge is -2.23. The molecule has 0 aromatic heterocycles. The molecule has 7 heteroatoms. The molecular formula is C14H21FN2O3S. The van der Waals surface area contributed by atoms with Gasteiger partial charge in [0.2, 0.25) is 10.0 Å². The molecule has 0 bridgehead atoms. The van der Waals surface area contributed by atoms with Gasteiger partial charge in [0.1, 0.15) is 5.82 Å². The Hall–Kier alpha value is -1.02. The minimum Gasteiger partial charge on any atom is -0.374 e. The number of nitrogens with one attached hydrogen (secondary N) is 2. The Morgan fingerprint density at radius 2 is 2.19 bits per heavy atom. The lowest BCUT2D eigenvalue weighted by molar-refractivity contribution is 0.0250. The molecule has 1 aliphatic rings. The molecule has 1 atom stereocenters. The van der Waals surface area contributed by atoms with Gasteiger partial charge in [0.05, 0.1) is 10.5 Å². The summed E-state index contributed by atoms with van der Waals surface area (Å²) in [5.41, 5.74) is 0.0488. The maximum atomic E-state index is 13.4. The Bertz CT molecular complexity index is 598. The number of hydrogen-bond acceptors (Lipinski definition) is 4. The molecule has 0 aliphatic carbocycles. The van der Waals surface area contributed by atoms with Crippen molar-refractivity contribution < 1.29 is 17.5 Å². The predicted octanol–water partition coefficient (Wildman–Crippen LogP) is 1.39. The van der Waals surface area contributed by atoms with Crippen molar-refractivity contribution in [3.8, 4) is 0 Å². The molecule has 5 nitrogen and oxygen atoms in total. The second-order valence-corrected chi connectivity index (χ2v) is 7.24. The van der Waals surface area contributed by atoms with E-state index in [4.69, 9.17) is 4.74 Å². The normalized spacial score (nSPS) is 22.6. The summed E-state index contributed by atoms with van der Waals surface area (Å²) < 4.78 is 46.3. The lowest BCUT2D eigenvalue weighted by atomic mass is 10.0. The van der Waals surface area contributed by atoms with E-state index in [2.05, 4.69) is 10.0 Å². The second-order valence-electron chi connectivity index (χ2n) is 5.51. The van der Waals surface area contributed by atoms with Crippen LogP contribution in [0.5, 0.6) is 0 Å². The smallest absolute Gasteiger partial charge is 0.241 e. The van der Waals surface area contributed by atoms with Gasteiger partial charge >= 0.3 is 0 Å². The number of ether oxygens (including phenoxy) is 1. The van der Waals surface area contributed by atoms with Crippen LogP contribution in [0.3, 0.4) is 0 Å². The molecule has 2 N–H and O–H groups in total. The summed E-state index contributed by atoms with van der Waals surface area (Å²) in [5.74, 6) is -0.571. The molecule has 1 aromatic carbocycles. The van der Waals surface area contributed by atoms with Gasteiger partial charge in [-0.15, -0.1) is 0 Å². The Balaban J connectivity index is 2.20. The highest BCUT2D eigenvalue weighted by Gasteiger charge is 2.32. The monoisotopic (exact) mass is 316 g/mol. The number of benzene rings is 1. The van der Waals surface area contributed by atoms with E-state index in [1.807, 2.05) is 6.92 Å². The third kappa shape index (κ3) is 4.00. The fourth-order valence-corrected chi connectivity index (χ4v) is 3.82. The molecule has 2 rings (SSSR count). The summed E-state index contributed by atoms with van der Waals surface area (Å²) in [6.45, 7) is 3.06. The highest BCUT2D eigenvalue weighted by atomic mass is 32.2. The van der Waals surface area contributed by atoms with Crippen LogP contribution < -0.4 is 10.0 Å². The van der Waals surface area contributed by atoms with Gasteiger partial charge < -0.3 is 10.1 Å². The van der Waals surface area contributed by atoms with E-state index in [0.29, 0.717) is 18.7 Å². The molecule has 21 heavy (non-hydrogen) atoms. The zero-order valence-corrected chi connectivity index (χ0v) is 13.1. The molecule has 0 spiro atoms. The number of halogens is 1. The highest BCUT2D eigenvalue weighted by Crippen LogP contribution is 2.25. The molecule has 118 valence electrons. The van der Waals surface area contributed by atoms with E-state index >= 15 is 0 Å². The molecule has 1 heterocycles. The maximum absolute atomic E-state index is 13.4. The summed E-state index contributed by atoms with van der Waals surface area (Å²) >= 11 is 0. The number of sulfonamides is 1. The van der Waals surface area contributed by atoms with Gasteiger partial charge in [-0.2, -0.15) is 0 Å². The van der Waals surface area contributed by atoms with Crippen molar-refractivity contribution in [3.63, 3.8) is 0 Å². The van der Waals surface area contributed by atoms with Crippen LogP contribution in [0.2, 0.25) is 0 Å². The van der Waals surface area contributed by atoms with E-state index in [1.165, 1.54) is 12.1 Å². The second kappa shape index (κ2) is 6.39. The Morgan fingerprint density at radius 3 is 2.81 bits per heavy atom. The SMILES string of the molecule is CNCc1ccc(F)cc1S(=O)(=O)NCC1(C)CCCO1. The summed E-state index contributed by atoms with van der Waals surface area (Å²) in [4.78, 5) is -0.0292. The first-order valence-electron chi connectivity index (χ1n) is 6.93. The zero-order chi connectivity index (χ0) is 15.5. The molecule has 1 unspecified atom stereocenters. The van der Waals surface area contributed by atoms with E-state index < -0.39 is 21.4 Å². The minimum atomic E-state index is -3.77. The van der Waals surface area contributed by atoms with Crippen LogP contribution >= 0.6 is 0 Å². The maximum Gasteiger partial charge on any atom is 0.241 e. The molecule has 1 saturated heterocycles. The van der Waals surface area contributed by atoms with Crippen LogP contribution in [-0.4, -0.2) is 34.2 Å². The van der Waals surface area contributed by atoms with E-state index in [9.17, 15) is 12.8 Å². The molecule has 0 saturated carbocycles. The first-order valence-corrected chi connectivity index (χ1v) is 8.41. The minimum absolute atomic E-state index is 0.0292. The van der Waals surface area contributed by atoms with Crippen molar-refractivity contribution in [2.24, 2.45) is 0 Å². The molecule has 0 radical (unpaired) electrons. The molecule has 1 aromatic rings. The summed E-state index contributed by atoms with van der Waals surface area (Å²) in [5, 5.41) is 2.88. The fraction of sp³-hybridized carbons (Fsp3) is 0.571. The average Bonchev–Trinajstić information content (AvgIpc) is 2.87. The van der Waals surface area contributed by atoms with Crippen molar-refractivity contribution in [2.45, 2.75) is 36.8 Å². The van der Waals surface area contributed by atoms with Gasteiger partial charge in [-0.1, -0.05) is 6.07 Å². The third-order valence-corrected chi connectivity index (χ3v) is 5.11. The van der Waals surface area contributed by atoms with Gasteiger partial charge in [-0.05, 0) is 44.5 Å². The quantitative estimate of drug-likeness (QED) is 0.832. The predicted molar refractivity (Wildman–Crippen MR) is 77.9 cm³/mol. The van der Waals surface area contributed by atoms with E-state index in [1.54, 1.807) is 7.05 Å². The van der Waals surface area contributed by atoms with Gasteiger partial charge in [-0.25, -0.2) is 17.5 Å². The van der Waals surface area contributed by atoms with Crippen LogP contribution in [0.15, 0.2) is 23.1 Å². The highest BCUT2D eigenvalue weighted by molar-refractivity contribution is 7.89. The Kier molecular flexibility index (Phi) is 4.98. The van der Waals surface area contributed by atoms with Gasteiger partial charge in [0, 0.05) is 19.7 Å². The number of hydrogen-bond donors (Lipinski definition) is 2. The third-order valence-electron chi connectivity index (χ3n) is 3.62. The van der Waals surface area contributed by atoms with Crippen molar-refractivity contribution in [2.75, 3.05) is 20.2 Å². The Labute approximate surface area is 124 Å². The van der Waals surface area contributed by atoms with Gasteiger partial charge in [0.15, 0.2) is 0 Å². The molecule has 1 aliphatic heterocycles. The van der Waals surface area contributed by atoms with Crippen molar-refractivity contribution >= 4 is 10.0 Å². The molecule has 0 amide bonds. The van der Waals surface area contributed by atoms with E-state index in [0.717, 1.165) is 18.9 Å². The summed E-state index contributed by atoms with van der Waals surface area (Å²) in [6.07, 6.45) is 1.73. The van der Waals surface area contributed by atoms with Crippen molar-refractivity contribution in [3.05, 3.63) is 29.6 Å². The van der Waals surface area contributed by atoms with Crippen LogP contribution in [0, 0.1) is 5.82 Å². The Morgan fingerprint density at radius 1 is 1.43 bits per heavy atom. The molecule has 1 fully saturated rings. The molecular weight excluding hydrogens is 295 g/mol. The first kappa shape index (κ1) is 16.4. The largest absolute Gasteiger partial charge is 0.374 e. The van der Waals surface area contributed by atoms with Gasteiger partial charge in [-0.3, -0.25) is 0 Å². The standard InChI is InChI=1S/C14H21FN2O3S/c1-14(6-3-7-20-14)10-17-21(18,19)13-8-12(15)5-4-11(13)9-16-2/h4-5,8,16-17H,3,6-7,9-10H2,1-2H3. The first-order chi connectivity index (χ1) is 9.86. The summed E-state index contributed by atoms with van der Waals surface area (Å²) in [6, 6.07) is 3.79. The lowest BCUT2D eigenvalue weighted by Crippen LogP contribution is -2.40. The average molecular weight is 316 g/mol. The van der Waals surface area contributed by atoms with E-state index in [-0.39, 0.29) is 11.4 Å². The van der Waals surface area contributed by atoms with Crippen molar-refractivity contribution in [1.29, 1.82) is 0 Å². The zero-order valence-electron chi connectivity index (χ0n) is 12.3. The van der Waals surface area contributed by atoms with Crippen LogP contribution in [-0.2, 0) is 21.3 Å². The van der Waals surface area contributed by atoms with Crippen LogP contribution in [0.1, 0.15) is 25.3 Å². The fourth-order valence-electron chi connectivity index (χ4n) is 2.42. The van der Waals surface area contributed by atoms with Crippen LogP contribution in [0.4, 0.5) is 4.39 Å².